The second kappa shape index (κ2) is 6.68. The fourth-order valence-electron chi connectivity index (χ4n) is 1.78. The Morgan fingerprint density at radius 1 is 1.11 bits per heavy atom. The Hall–Kier alpha value is -1.40. The SMILES string of the molecule is CNCc1ccccc1NC(=O)c1ccc(I)cc1. The van der Waals surface area contributed by atoms with Crippen LogP contribution in [0.2, 0.25) is 0 Å². The minimum Gasteiger partial charge on any atom is -0.322 e. The molecule has 0 saturated heterocycles. The fourth-order valence-corrected chi connectivity index (χ4v) is 2.14. The Bertz CT molecular complexity index is 567. The molecule has 0 aliphatic heterocycles. The number of halogens is 1. The Labute approximate surface area is 126 Å². The van der Waals surface area contributed by atoms with E-state index < -0.39 is 0 Å². The molecule has 2 N–H and O–H groups in total. The highest BCUT2D eigenvalue weighted by molar-refractivity contribution is 14.1. The van der Waals surface area contributed by atoms with Gasteiger partial charge >= 0.3 is 0 Å². The van der Waals surface area contributed by atoms with Gasteiger partial charge in [0.1, 0.15) is 0 Å². The molecule has 0 bridgehead atoms. The van der Waals surface area contributed by atoms with Gasteiger partial charge in [0.05, 0.1) is 0 Å². The maximum absolute atomic E-state index is 12.1. The van der Waals surface area contributed by atoms with Gasteiger partial charge < -0.3 is 10.6 Å². The second-order valence-corrected chi connectivity index (χ2v) is 5.39. The van der Waals surface area contributed by atoms with Gasteiger partial charge in [0.2, 0.25) is 0 Å². The van der Waals surface area contributed by atoms with E-state index in [1.807, 2.05) is 55.6 Å². The van der Waals surface area contributed by atoms with E-state index in [1.54, 1.807) is 0 Å². The maximum atomic E-state index is 12.1. The molecule has 0 atom stereocenters. The molecule has 0 spiro atoms. The molecule has 0 aliphatic carbocycles. The number of carbonyl (C=O) groups is 1. The monoisotopic (exact) mass is 366 g/mol. The van der Waals surface area contributed by atoms with Crippen LogP contribution in [0.25, 0.3) is 0 Å². The van der Waals surface area contributed by atoms with E-state index in [1.165, 1.54) is 0 Å². The lowest BCUT2D eigenvalue weighted by Gasteiger charge is -2.10. The quantitative estimate of drug-likeness (QED) is 0.816. The zero-order valence-electron chi connectivity index (χ0n) is 10.6. The average Bonchev–Trinajstić information content (AvgIpc) is 2.42. The normalized spacial score (nSPS) is 10.2. The molecule has 0 radical (unpaired) electrons. The van der Waals surface area contributed by atoms with Crippen LogP contribution in [-0.4, -0.2) is 13.0 Å². The van der Waals surface area contributed by atoms with Crippen molar-refractivity contribution in [2.45, 2.75) is 6.54 Å². The summed E-state index contributed by atoms with van der Waals surface area (Å²) >= 11 is 2.22. The van der Waals surface area contributed by atoms with Crippen molar-refractivity contribution in [2.75, 3.05) is 12.4 Å². The standard InChI is InChI=1S/C15H15IN2O/c1-17-10-12-4-2-3-5-14(12)18-15(19)11-6-8-13(16)9-7-11/h2-9,17H,10H2,1H3,(H,18,19). The van der Waals surface area contributed by atoms with Crippen molar-refractivity contribution in [3.63, 3.8) is 0 Å². The van der Waals surface area contributed by atoms with Gasteiger partial charge in [0, 0.05) is 21.4 Å². The third-order valence-corrected chi connectivity index (χ3v) is 3.46. The van der Waals surface area contributed by atoms with Gasteiger partial charge in [-0.1, -0.05) is 18.2 Å². The van der Waals surface area contributed by atoms with E-state index in [0.717, 1.165) is 21.4 Å². The van der Waals surface area contributed by atoms with E-state index in [-0.39, 0.29) is 5.91 Å². The average molecular weight is 366 g/mol. The summed E-state index contributed by atoms with van der Waals surface area (Å²) in [6.45, 7) is 0.725. The maximum Gasteiger partial charge on any atom is 0.255 e. The molecular formula is C15H15IN2O. The van der Waals surface area contributed by atoms with Gasteiger partial charge in [0.25, 0.3) is 5.91 Å². The van der Waals surface area contributed by atoms with Crippen molar-refractivity contribution in [3.8, 4) is 0 Å². The summed E-state index contributed by atoms with van der Waals surface area (Å²) in [6, 6.07) is 15.3. The Morgan fingerprint density at radius 3 is 2.47 bits per heavy atom. The first kappa shape index (κ1) is 14.0. The largest absolute Gasteiger partial charge is 0.322 e. The molecular weight excluding hydrogens is 351 g/mol. The van der Waals surface area contributed by atoms with Crippen molar-refractivity contribution >= 4 is 34.2 Å². The Kier molecular flexibility index (Phi) is 4.93. The predicted molar refractivity (Wildman–Crippen MR) is 86.3 cm³/mol. The van der Waals surface area contributed by atoms with Gasteiger partial charge in [-0.25, -0.2) is 0 Å². The van der Waals surface area contributed by atoms with Crippen LogP contribution in [0.4, 0.5) is 5.69 Å². The molecule has 3 nitrogen and oxygen atoms in total. The van der Waals surface area contributed by atoms with Crippen LogP contribution in [0.15, 0.2) is 48.5 Å². The van der Waals surface area contributed by atoms with Crippen molar-refractivity contribution in [3.05, 3.63) is 63.2 Å². The lowest BCUT2D eigenvalue weighted by molar-refractivity contribution is 0.102. The van der Waals surface area contributed by atoms with Crippen LogP contribution in [-0.2, 0) is 6.54 Å². The van der Waals surface area contributed by atoms with Crippen LogP contribution in [0.1, 0.15) is 15.9 Å². The second-order valence-electron chi connectivity index (χ2n) is 4.15. The summed E-state index contributed by atoms with van der Waals surface area (Å²) in [4.78, 5) is 12.1. The summed E-state index contributed by atoms with van der Waals surface area (Å²) in [5.74, 6) is -0.0834. The van der Waals surface area contributed by atoms with E-state index in [9.17, 15) is 4.79 Å². The molecule has 2 aromatic rings. The summed E-state index contributed by atoms with van der Waals surface area (Å²) < 4.78 is 1.12. The number of nitrogens with one attached hydrogen (secondary N) is 2. The van der Waals surface area contributed by atoms with Crippen molar-refractivity contribution in [2.24, 2.45) is 0 Å². The van der Waals surface area contributed by atoms with E-state index in [4.69, 9.17) is 0 Å². The molecule has 0 heterocycles. The van der Waals surface area contributed by atoms with E-state index in [2.05, 4.69) is 33.2 Å². The molecule has 0 aliphatic rings. The molecule has 4 heteroatoms. The highest BCUT2D eigenvalue weighted by atomic mass is 127. The van der Waals surface area contributed by atoms with Crippen LogP contribution in [0.3, 0.4) is 0 Å². The van der Waals surface area contributed by atoms with Crippen LogP contribution < -0.4 is 10.6 Å². The highest BCUT2D eigenvalue weighted by Crippen LogP contribution is 2.16. The number of benzene rings is 2. The zero-order chi connectivity index (χ0) is 13.7. The number of para-hydroxylation sites is 1. The molecule has 0 aromatic heterocycles. The minimum atomic E-state index is -0.0834. The van der Waals surface area contributed by atoms with Crippen LogP contribution in [0.5, 0.6) is 0 Å². The lowest BCUT2D eigenvalue weighted by Crippen LogP contribution is -2.15. The summed E-state index contributed by atoms with van der Waals surface area (Å²) in [6.07, 6.45) is 0. The highest BCUT2D eigenvalue weighted by Gasteiger charge is 2.08. The predicted octanol–water partition coefficient (Wildman–Crippen LogP) is 3.26. The fraction of sp³-hybridized carbons (Fsp3) is 0.133. The number of anilines is 1. The van der Waals surface area contributed by atoms with Gasteiger partial charge in [-0.05, 0) is 65.5 Å². The van der Waals surface area contributed by atoms with Crippen LogP contribution in [0, 0.1) is 3.57 Å². The summed E-state index contributed by atoms with van der Waals surface area (Å²) in [7, 11) is 1.89. The van der Waals surface area contributed by atoms with E-state index in [0.29, 0.717) is 5.56 Å². The first-order chi connectivity index (χ1) is 9.20. The molecule has 19 heavy (non-hydrogen) atoms. The Balaban J connectivity index is 2.16. The van der Waals surface area contributed by atoms with Crippen molar-refractivity contribution in [1.29, 1.82) is 0 Å². The third-order valence-electron chi connectivity index (χ3n) is 2.74. The summed E-state index contributed by atoms with van der Waals surface area (Å²) in [5, 5.41) is 6.04. The van der Waals surface area contributed by atoms with Gasteiger partial charge in [-0.15, -0.1) is 0 Å². The topological polar surface area (TPSA) is 41.1 Å². The Morgan fingerprint density at radius 2 is 1.79 bits per heavy atom. The molecule has 0 fully saturated rings. The number of rotatable bonds is 4. The molecule has 98 valence electrons. The zero-order valence-corrected chi connectivity index (χ0v) is 12.8. The number of carbonyl (C=O) groups excluding carboxylic acids is 1. The number of amides is 1. The lowest BCUT2D eigenvalue weighted by atomic mass is 10.1. The molecule has 0 unspecified atom stereocenters. The summed E-state index contributed by atoms with van der Waals surface area (Å²) in [5.41, 5.74) is 2.59. The van der Waals surface area contributed by atoms with Crippen molar-refractivity contribution < 1.29 is 4.79 Å². The van der Waals surface area contributed by atoms with Gasteiger partial charge in [-0.3, -0.25) is 4.79 Å². The molecule has 1 amide bonds. The first-order valence-corrected chi connectivity index (χ1v) is 7.08. The third kappa shape index (κ3) is 3.78. The van der Waals surface area contributed by atoms with Crippen molar-refractivity contribution in [1.82, 2.24) is 5.32 Å². The van der Waals surface area contributed by atoms with E-state index >= 15 is 0 Å². The molecule has 2 rings (SSSR count). The number of hydrogen-bond donors (Lipinski definition) is 2. The molecule has 2 aromatic carbocycles. The van der Waals surface area contributed by atoms with Gasteiger partial charge in [-0.2, -0.15) is 0 Å². The van der Waals surface area contributed by atoms with Gasteiger partial charge in [0.15, 0.2) is 0 Å². The smallest absolute Gasteiger partial charge is 0.255 e. The first-order valence-electron chi connectivity index (χ1n) is 6.00. The van der Waals surface area contributed by atoms with Crippen LogP contribution >= 0.6 is 22.6 Å². The minimum absolute atomic E-state index is 0.0834. The number of hydrogen-bond acceptors (Lipinski definition) is 2. The molecule has 0 saturated carbocycles.